The van der Waals surface area contributed by atoms with Gasteiger partial charge in [0.05, 0.1) is 17.8 Å². The summed E-state index contributed by atoms with van der Waals surface area (Å²) >= 11 is 0. The van der Waals surface area contributed by atoms with E-state index in [9.17, 15) is 23.2 Å². The van der Waals surface area contributed by atoms with Crippen LogP contribution in [0.5, 0.6) is 5.75 Å². The molecule has 5 nitrogen and oxygen atoms in total. The molecule has 3 aromatic rings. The lowest BCUT2D eigenvalue weighted by atomic mass is 10.0. The lowest BCUT2D eigenvalue weighted by Gasteiger charge is -2.18. The Morgan fingerprint density at radius 2 is 1.81 bits per heavy atom. The Morgan fingerprint density at radius 3 is 2.39 bits per heavy atom. The molecule has 0 atom stereocenters. The second-order valence-corrected chi connectivity index (χ2v) is 6.88. The van der Waals surface area contributed by atoms with E-state index in [2.05, 4.69) is 0 Å². The largest absolute Gasteiger partial charge is 0.468 e. The molecule has 1 aromatic heterocycles. The van der Waals surface area contributed by atoms with Crippen molar-refractivity contribution in [2.75, 3.05) is 13.9 Å². The molecule has 8 heteroatoms. The normalized spacial score (nSPS) is 11.2. The number of pyridine rings is 1. The van der Waals surface area contributed by atoms with Gasteiger partial charge in [0.15, 0.2) is 6.79 Å². The summed E-state index contributed by atoms with van der Waals surface area (Å²) in [6.07, 6.45) is -4.83. The molecule has 0 unspecified atom stereocenters. The quantitative estimate of drug-likeness (QED) is 0.532. The lowest BCUT2D eigenvalue weighted by Crippen LogP contribution is -2.28. The van der Waals surface area contributed by atoms with Crippen LogP contribution in [-0.4, -0.2) is 18.5 Å². The van der Waals surface area contributed by atoms with Crippen molar-refractivity contribution in [2.24, 2.45) is 0 Å². The van der Waals surface area contributed by atoms with Gasteiger partial charge in [-0.05, 0) is 42.3 Å². The second kappa shape index (κ2) is 9.06. The first-order valence-electron chi connectivity index (χ1n) is 9.27. The van der Waals surface area contributed by atoms with Gasteiger partial charge in [-0.3, -0.25) is 4.79 Å². The number of ether oxygens (including phenoxy) is 2. The Bertz CT molecular complexity index is 1180. The Labute approximate surface area is 176 Å². The number of aryl methyl sites for hydroxylation is 1. The van der Waals surface area contributed by atoms with Gasteiger partial charge in [0, 0.05) is 7.11 Å². The number of hydrogen-bond donors (Lipinski definition) is 0. The average molecular weight is 428 g/mol. The van der Waals surface area contributed by atoms with E-state index in [1.807, 2.05) is 0 Å². The van der Waals surface area contributed by atoms with Gasteiger partial charge in [-0.15, -0.1) is 0 Å². The van der Waals surface area contributed by atoms with E-state index < -0.39 is 22.9 Å². The Balaban J connectivity index is 2.16. The molecule has 0 radical (unpaired) electrons. The van der Waals surface area contributed by atoms with E-state index in [1.165, 1.54) is 17.7 Å². The molecular weight excluding hydrogens is 409 g/mol. The Morgan fingerprint density at radius 1 is 1.10 bits per heavy atom. The van der Waals surface area contributed by atoms with Crippen molar-refractivity contribution >= 4 is 0 Å². The van der Waals surface area contributed by atoms with E-state index in [0.29, 0.717) is 16.9 Å². The number of nitrogens with zero attached hydrogens (tertiary/aromatic N) is 2. The Hall–Kier alpha value is -3.57. The molecule has 0 aliphatic rings. The van der Waals surface area contributed by atoms with Crippen molar-refractivity contribution in [3.05, 3.63) is 87.2 Å². The van der Waals surface area contributed by atoms with Crippen molar-refractivity contribution in [1.29, 1.82) is 5.26 Å². The number of alkyl halides is 3. The highest BCUT2D eigenvalue weighted by Gasteiger charge is 2.36. The topological polar surface area (TPSA) is 64.2 Å². The molecule has 31 heavy (non-hydrogen) atoms. The van der Waals surface area contributed by atoms with Crippen LogP contribution in [0.4, 0.5) is 13.2 Å². The van der Waals surface area contributed by atoms with Crippen molar-refractivity contribution < 1.29 is 22.6 Å². The zero-order chi connectivity index (χ0) is 22.6. The monoisotopic (exact) mass is 428 g/mol. The fourth-order valence-electron chi connectivity index (χ4n) is 3.18. The lowest BCUT2D eigenvalue weighted by molar-refractivity contribution is -0.137. The molecule has 0 N–H and O–H groups in total. The van der Waals surface area contributed by atoms with Crippen LogP contribution in [0, 0.1) is 18.3 Å². The maximum absolute atomic E-state index is 13.6. The number of aromatic nitrogens is 1. The van der Waals surface area contributed by atoms with Crippen molar-refractivity contribution in [3.8, 4) is 23.1 Å². The number of hydrogen-bond acceptors (Lipinski definition) is 4. The van der Waals surface area contributed by atoms with Crippen LogP contribution in [0.1, 0.15) is 22.3 Å². The van der Waals surface area contributed by atoms with Crippen LogP contribution in [0.3, 0.4) is 0 Å². The predicted octanol–water partition coefficient (Wildman–Crippen LogP) is 4.75. The maximum Gasteiger partial charge on any atom is 0.417 e. The minimum Gasteiger partial charge on any atom is -0.468 e. The molecule has 2 aromatic carbocycles. The van der Waals surface area contributed by atoms with Crippen LogP contribution in [-0.2, 0) is 17.5 Å². The second-order valence-electron chi connectivity index (χ2n) is 6.88. The van der Waals surface area contributed by atoms with E-state index >= 15 is 0 Å². The highest BCUT2D eigenvalue weighted by atomic mass is 19.4. The SMILES string of the molecule is COCOc1ccc(Cn2c(-c3cccc(C)c3)cc(C(F)(F)F)c(C#N)c2=O)cc1. The molecule has 0 bridgehead atoms. The number of methoxy groups -OCH3 is 1. The summed E-state index contributed by atoms with van der Waals surface area (Å²) < 4.78 is 52.1. The molecule has 0 spiro atoms. The van der Waals surface area contributed by atoms with Gasteiger partial charge in [0.2, 0.25) is 0 Å². The minimum absolute atomic E-state index is 0.0144. The first-order chi connectivity index (χ1) is 14.7. The summed E-state index contributed by atoms with van der Waals surface area (Å²) in [5, 5.41) is 9.29. The van der Waals surface area contributed by atoms with Crippen LogP contribution in [0.2, 0.25) is 0 Å². The van der Waals surface area contributed by atoms with Crippen molar-refractivity contribution in [3.63, 3.8) is 0 Å². The van der Waals surface area contributed by atoms with Crippen molar-refractivity contribution in [2.45, 2.75) is 19.6 Å². The number of nitriles is 1. The zero-order valence-electron chi connectivity index (χ0n) is 16.9. The van der Waals surface area contributed by atoms with Crippen LogP contribution in [0.25, 0.3) is 11.3 Å². The van der Waals surface area contributed by atoms with Gasteiger partial charge < -0.3 is 14.0 Å². The maximum atomic E-state index is 13.6. The molecular formula is C23H19F3N2O3. The molecule has 0 aliphatic carbocycles. The summed E-state index contributed by atoms with van der Waals surface area (Å²) in [6.45, 7) is 1.86. The summed E-state index contributed by atoms with van der Waals surface area (Å²) in [5.74, 6) is 0.544. The van der Waals surface area contributed by atoms with Gasteiger partial charge >= 0.3 is 6.18 Å². The molecule has 0 aliphatic heterocycles. The van der Waals surface area contributed by atoms with Gasteiger partial charge in [-0.2, -0.15) is 18.4 Å². The minimum atomic E-state index is -4.83. The van der Waals surface area contributed by atoms with Crippen molar-refractivity contribution in [1.82, 2.24) is 4.57 Å². The van der Waals surface area contributed by atoms with E-state index in [-0.39, 0.29) is 19.0 Å². The molecule has 3 rings (SSSR count). The summed E-state index contributed by atoms with van der Waals surface area (Å²) in [7, 11) is 1.49. The molecule has 0 fully saturated rings. The molecule has 0 saturated heterocycles. The van der Waals surface area contributed by atoms with E-state index in [0.717, 1.165) is 11.6 Å². The Kier molecular flexibility index (Phi) is 6.47. The van der Waals surface area contributed by atoms with Gasteiger partial charge in [0.1, 0.15) is 17.4 Å². The van der Waals surface area contributed by atoms with Gasteiger partial charge in [-0.25, -0.2) is 0 Å². The van der Waals surface area contributed by atoms with Crippen LogP contribution in [0.15, 0.2) is 59.4 Å². The van der Waals surface area contributed by atoms with E-state index in [1.54, 1.807) is 55.5 Å². The molecule has 0 amide bonds. The smallest absolute Gasteiger partial charge is 0.417 e. The highest BCUT2D eigenvalue weighted by Crippen LogP contribution is 2.34. The standard InChI is InChI=1S/C23H19F3N2O3/c1-15-4-3-5-17(10-15)21-11-20(23(24,25)26)19(12-27)22(29)28(21)13-16-6-8-18(9-7-16)31-14-30-2/h3-11H,13-14H2,1-2H3. The number of rotatable bonds is 6. The fourth-order valence-corrected chi connectivity index (χ4v) is 3.18. The summed E-state index contributed by atoms with van der Waals surface area (Å²) in [5.41, 5.74) is -1.14. The first kappa shape index (κ1) is 22.1. The van der Waals surface area contributed by atoms with E-state index in [4.69, 9.17) is 9.47 Å². The summed E-state index contributed by atoms with van der Waals surface area (Å²) in [4.78, 5) is 13.0. The third-order valence-corrected chi connectivity index (χ3v) is 4.64. The number of halogens is 3. The predicted molar refractivity (Wildman–Crippen MR) is 109 cm³/mol. The average Bonchev–Trinajstić information content (AvgIpc) is 2.73. The zero-order valence-corrected chi connectivity index (χ0v) is 16.9. The fraction of sp³-hybridized carbons (Fsp3) is 0.217. The third kappa shape index (κ3) is 4.95. The molecule has 160 valence electrons. The van der Waals surface area contributed by atoms with Gasteiger partial charge in [0.25, 0.3) is 5.56 Å². The molecule has 0 saturated carbocycles. The number of benzene rings is 2. The van der Waals surface area contributed by atoms with Crippen LogP contribution < -0.4 is 10.3 Å². The third-order valence-electron chi connectivity index (χ3n) is 4.64. The summed E-state index contributed by atoms with van der Waals surface area (Å²) in [6, 6.07) is 15.9. The van der Waals surface area contributed by atoms with Gasteiger partial charge in [-0.1, -0.05) is 35.9 Å². The molecule has 1 heterocycles. The first-order valence-corrected chi connectivity index (χ1v) is 9.27. The van der Waals surface area contributed by atoms with Crippen LogP contribution >= 0.6 is 0 Å². The highest BCUT2D eigenvalue weighted by molar-refractivity contribution is 5.63.